The summed E-state index contributed by atoms with van der Waals surface area (Å²) in [7, 11) is 0. The molecule has 1 amide bonds. The van der Waals surface area contributed by atoms with Crippen LogP contribution in [0.25, 0.3) is 0 Å². The van der Waals surface area contributed by atoms with Gasteiger partial charge in [-0.15, -0.1) is 0 Å². The van der Waals surface area contributed by atoms with Crippen molar-refractivity contribution in [1.82, 2.24) is 4.90 Å². The maximum atomic E-state index is 12.8. The standard InChI is InChI=1S/C23H27BrN2O3.ClH/c1-2-29-22(28)23(18-7-4-3-5-8-18)12-15-26(16-13-23)14-11-21(27)25-20-10-6-9-19(24)17-20;/h3-10,17H,2,11-16H2,1H3,(H,25,27);1H/p-1. The minimum atomic E-state index is -0.591. The molecule has 0 saturated carbocycles. The lowest BCUT2D eigenvalue weighted by molar-refractivity contribution is -0.152. The SMILES string of the molecule is CCOC(=O)C1(c2ccccc2)CCN(CCC(=O)Nc2cccc(Br)c2)CC1.[Cl-]. The molecule has 2 aromatic rings. The molecule has 7 heteroatoms. The Bertz CT molecular complexity index is 839. The highest BCUT2D eigenvalue weighted by molar-refractivity contribution is 9.10. The molecule has 30 heavy (non-hydrogen) atoms. The lowest BCUT2D eigenvalue weighted by Gasteiger charge is -2.40. The molecule has 0 aromatic heterocycles. The first-order chi connectivity index (χ1) is 14.0. The van der Waals surface area contributed by atoms with Gasteiger partial charge in [0.05, 0.1) is 12.0 Å². The maximum absolute atomic E-state index is 12.8. The quantitative estimate of drug-likeness (QED) is 0.591. The van der Waals surface area contributed by atoms with Gasteiger partial charge < -0.3 is 27.4 Å². The number of rotatable bonds is 7. The number of hydrogen-bond acceptors (Lipinski definition) is 4. The molecule has 1 N–H and O–H groups in total. The van der Waals surface area contributed by atoms with Gasteiger partial charge in [-0.3, -0.25) is 9.59 Å². The number of ether oxygens (including phenoxy) is 1. The predicted molar refractivity (Wildman–Crippen MR) is 118 cm³/mol. The molecule has 162 valence electrons. The summed E-state index contributed by atoms with van der Waals surface area (Å²) >= 11 is 3.41. The molecule has 0 unspecified atom stereocenters. The van der Waals surface area contributed by atoms with Crippen LogP contribution in [-0.2, 0) is 19.7 Å². The summed E-state index contributed by atoms with van der Waals surface area (Å²) < 4.78 is 6.36. The third kappa shape index (κ3) is 6.06. The van der Waals surface area contributed by atoms with Crippen molar-refractivity contribution >= 4 is 33.5 Å². The third-order valence-electron chi connectivity index (χ3n) is 5.47. The van der Waals surface area contributed by atoms with Gasteiger partial charge >= 0.3 is 5.97 Å². The highest BCUT2D eigenvalue weighted by Crippen LogP contribution is 2.37. The third-order valence-corrected chi connectivity index (χ3v) is 5.96. The molecule has 1 aliphatic heterocycles. The van der Waals surface area contributed by atoms with Crippen molar-refractivity contribution in [3.63, 3.8) is 0 Å². The summed E-state index contributed by atoms with van der Waals surface area (Å²) in [6, 6.07) is 17.5. The molecule has 1 heterocycles. The Hall–Kier alpha value is -1.89. The fourth-order valence-corrected chi connectivity index (χ4v) is 4.24. The first-order valence-corrected chi connectivity index (χ1v) is 10.8. The van der Waals surface area contributed by atoms with Gasteiger partial charge in [0.1, 0.15) is 0 Å². The van der Waals surface area contributed by atoms with E-state index >= 15 is 0 Å². The van der Waals surface area contributed by atoms with E-state index in [1.54, 1.807) is 0 Å². The largest absolute Gasteiger partial charge is 1.00 e. The Morgan fingerprint density at radius 1 is 1.10 bits per heavy atom. The Morgan fingerprint density at radius 2 is 1.80 bits per heavy atom. The van der Waals surface area contributed by atoms with Crippen molar-refractivity contribution in [2.24, 2.45) is 0 Å². The molecule has 0 bridgehead atoms. The highest BCUT2D eigenvalue weighted by atomic mass is 79.9. The topological polar surface area (TPSA) is 58.6 Å². The van der Waals surface area contributed by atoms with Crippen molar-refractivity contribution in [2.75, 3.05) is 31.6 Å². The van der Waals surface area contributed by atoms with Crippen LogP contribution < -0.4 is 17.7 Å². The van der Waals surface area contributed by atoms with Crippen LogP contribution in [0.4, 0.5) is 5.69 Å². The van der Waals surface area contributed by atoms with Crippen LogP contribution in [0.1, 0.15) is 31.7 Å². The summed E-state index contributed by atoms with van der Waals surface area (Å²) in [6.07, 6.45) is 1.82. The Morgan fingerprint density at radius 3 is 2.43 bits per heavy atom. The first kappa shape index (κ1) is 24.4. The molecule has 0 spiro atoms. The fraction of sp³-hybridized carbons (Fsp3) is 0.391. The number of carbonyl (C=O) groups excluding carboxylic acids is 2. The molecule has 0 radical (unpaired) electrons. The van der Waals surface area contributed by atoms with Crippen LogP contribution in [0, 0.1) is 0 Å². The second-order valence-electron chi connectivity index (χ2n) is 7.32. The Balaban J connectivity index is 0.00000320. The number of carbonyl (C=O) groups is 2. The van der Waals surface area contributed by atoms with E-state index in [1.807, 2.05) is 61.5 Å². The molecular weight excluding hydrogens is 468 g/mol. The van der Waals surface area contributed by atoms with Gasteiger partial charge in [0.15, 0.2) is 0 Å². The molecule has 1 fully saturated rings. The zero-order valence-electron chi connectivity index (χ0n) is 17.1. The summed E-state index contributed by atoms with van der Waals surface area (Å²) in [5.41, 5.74) is 1.21. The lowest BCUT2D eigenvalue weighted by atomic mass is 9.72. The fourth-order valence-electron chi connectivity index (χ4n) is 3.84. The minimum absolute atomic E-state index is 0. The number of likely N-dealkylation sites (tertiary alicyclic amines) is 1. The molecule has 3 rings (SSSR count). The van der Waals surface area contributed by atoms with Crippen LogP contribution in [0.2, 0.25) is 0 Å². The zero-order valence-corrected chi connectivity index (χ0v) is 19.4. The maximum Gasteiger partial charge on any atom is 0.316 e. The van der Waals surface area contributed by atoms with Crippen molar-refractivity contribution in [2.45, 2.75) is 31.6 Å². The zero-order chi connectivity index (χ0) is 20.7. The van der Waals surface area contributed by atoms with Crippen LogP contribution in [-0.4, -0.2) is 43.0 Å². The summed E-state index contributed by atoms with van der Waals surface area (Å²) in [5.74, 6) is -0.147. The molecule has 0 atom stereocenters. The normalized spacial score (nSPS) is 15.7. The van der Waals surface area contributed by atoms with Crippen LogP contribution in [0.3, 0.4) is 0 Å². The van der Waals surface area contributed by atoms with Gasteiger partial charge in [0.2, 0.25) is 5.91 Å². The lowest BCUT2D eigenvalue weighted by Crippen LogP contribution is -3.00. The van der Waals surface area contributed by atoms with Crippen LogP contribution >= 0.6 is 15.9 Å². The number of halogens is 2. The van der Waals surface area contributed by atoms with Gasteiger partial charge in [0.25, 0.3) is 0 Å². The number of hydrogen-bond donors (Lipinski definition) is 1. The van der Waals surface area contributed by atoms with Gasteiger partial charge in [-0.2, -0.15) is 0 Å². The van der Waals surface area contributed by atoms with Gasteiger partial charge in [-0.05, 0) is 56.6 Å². The van der Waals surface area contributed by atoms with Gasteiger partial charge in [0, 0.05) is 23.1 Å². The average Bonchev–Trinajstić information content (AvgIpc) is 2.73. The van der Waals surface area contributed by atoms with Gasteiger partial charge in [-0.25, -0.2) is 0 Å². The summed E-state index contributed by atoms with van der Waals surface area (Å²) in [5, 5.41) is 2.93. The number of piperidine rings is 1. The molecular formula is C23H27BrClN2O3-. The van der Waals surface area contributed by atoms with E-state index in [0.29, 0.717) is 32.4 Å². The second kappa shape index (κ2) is 11.5. The molecule has 1 saturated heterocycles. The van der Waals surface area contributed by atoms with Crippen LogP contribution in [0.5, 0.6) is 0 Å². The minimum Gasteiger partial charge on any atom is -1.00 e. The monoisotopic (exact) mass is 493 g/mol. The number of esters is 1. The van der Waals surface area contributed by atoms with Crippen molar-refractivity contribution in [3.8, 4) is 0 Å². The Labute approximate surface area is 192 Å². The molecule has 2 aromatic carbocycles. The van der Waals surface area contributed by atoms with Crippen LogP contribution in [0.15, 0.2) is 59.1 Å². The molecule has 0 aliphatic carbocycles. The average molecular weight is 495 g/mol. The van der Waals surface area contributed by atoms with Crippen molar-refractivity contribution in [1.29, 1.82) is 0 Å². The van der Waals surface area contributed by atoms with Crippen molar-refractivity contribution < 1.29 is 26.7 Å². The van der Waals surface area contributed by atoms with E-state index in [9.17, 15) is 9.59 Å². The van der Waals surface area contributed by atoms with E-state index in [1.165, 1.54) is 0 Å². The number of benzene rings is 2. The summed E-state index contributed by atoms with van der Waals surface area (Å²) in [6.45, 7) is 4.42. The predicted octanol–water partition coefficient (Wildman–Crippen LogP) is 1.38. The number of nitrogens with zero attached hydrogens (tertiary/aromatic N) is 1. The van der Waals surface area contributed by atoms with E-state index in [0.717, 1.165) is 28.8 Å². The number of anilines is 1. The number of nitrogens with one attached hydrogen (secondary N) is 1. The summed E-state index contributed by atoms with van der Waals surface area (Å²) in [4.78, 5) is 27.3. The van der Waals surface area contributed by atoms with Gasteiger partial charge in [-0.1, -0.05) is 52.3 Å². The second-order valence-corrected chi connectivity index (χ2v) is 8.23. The van der Waals surface area contributed by atoms with E-state index in [2.05, 4.69) is 26.1 Å². The first-order valence-electron chi connectivity index (χ1n) is 10.0. The molecule has 5 nitrogen and oxygen atoms in total. The van der Waals surface area contributed by atoms with E-state index in [-0.39, 0.29) is 24.3 Å². The highest BCUT2D eigenvalue weighted by Gasteiger charge is 2.44. The molecule has 1 aliphatic rings. The number of amides is 1. The smallest absolute Gasteiger partial charge is 0.316 e. The Kier molecular flexibility index (Phi) is 9.34. The van der Waals surface area contributed by atoms with E-state index < -0.39 is 5.41 Å². The van der Waals surface area contributed by atoms with E-state index in [4.69, 9.17) is 4.74 Å². The van der Waals surface area contributed by atoms with Crippen molar-refractivity contribution in [3.05, 3.63) is 64.6 Å².